The highest BCUT2D eigenvalue weighted by molar-refractivity contribution is 7.80. The summed E-state index contributed by atoms with van der Waals surface area (Å²) in [5.41, 5.74) is 2.05. The Labute approximate surface area is 174 Å². The van der Waals surface area contributed by atoms with Gasteiger partial charge in [0.1, 0.15) is 11.9 Å². The number of piperidine rings is 1. The zero-order chi connectivity index (χ0) is 21.0. The molecule has 9 heteroatoms. The van der Waals surface area contributed by atoms with E-state index in [1.54, 1.807) is 18.3 Å². The van der Waals surface area contributed by atoms with Crippen molar-refractivity contribution in [1.82, 2.24) is 5.32 Å². The van der Waals surface area contributed by atoms with Crippen molar-refractivity contribution in [2.45, 2.75) is 19.4 Å². The van der Waals surface area contributed by atoms with Crippen LogP contribution in [-0.2, 0) is 9.47 Å². The standard InChI is InChI=1S/C20H23FN4O3S/c1-13-11-24(7-6-14(13)9-22-2)18-5-4-15(8-17(18)21)25-12-16(28-20(25)26)10-23-19(29)27-3/h4-5,8-9,13,16H,6-7,10-12H2,1,3H3,(H,23,29)/b14-9+/t13?,16-/m0/s1. The summed E-state index contributed by atoms with van der Waals surface area (Å²) in [6.07, 6.45) is 1.38. The van der Waals surface area contributed by atoms with Crippen molar-refractivity contribution < 1.29 is 18.7 Å². The number of amides is 1. The molecule has 0 radical (unpaired) electrons. The Hall–Kier alpha value is -2.86. The molecule has 154 valence electrons. The van der Waals surface area contributed by atoms with Gasteiger partial charge in [-0.25, -0.2) is 14.0 Å². The van der Waals surface area contributed by atoms with Gasteiger partial charge in [-0.1, -0.05) is 12.5 Å². The van der Waals surface area contributed by atoms with Crippen LogP contribution in [0.15, 0.2) is 30.0 Å². The number of hydrogen-bond acceptors (Lipinski definition) is 5. The third kappa shape index (κ3) is 4.77. The number of ether oxygens (including phenoxy) is 2. The monoisotopic (exact) mass is 418 g/mol. The highest BCUT2D eigenvalue weighted by Crippen LogP contribution is 2.32. The lowest BCUT2D eigenvalue weighted by atomic mass is 9.93. The molecule has 2 fully saturated rings. The normalized spacial score (nSPS) is 23.0. The zero-order valence-corrected chi connectivity index (χ0v) is 17.2. The average Bonchev–Trinajstić information content (AvgIpc) is 3.08. The van der Waals surface area contributed by atoms with Crippen LogP contribution in [-0.4, -0.2) is 50.7 Å². The van der Waals surface area contributed by atoms with Gasteiger partial charge >= 0.3 is 6.09 Å². The first kappa shape index (κ1) is 20.9. The minimum absolute atomic E-state index is 0.192. The molecular weight excluding hydrogens is 395 g/mol. The average molecular weight is 418 g/mol. The Morgan fingerprint density at radius 2 is 2.31 bits per heavy atom. The van der Waals surface area contributed by atoms with Crippen molar-refractivity contribution in [3.8, 4) is 0 Å². The summed E-state index contributed by atoms with van der Waals surface area (Å²) < 4.78 is 25.0. The van der Waals surface area contributed by atoms with Gasteiger partial charge in [0.15, 0.2) is 6.20 Å². The molecule has 1 unspecified atom stereocenters. The molecule has 2 saturated heterocycles. The fraction of sp³-hybridized carbons (Fsp3) is 0.450. The molecule has 29 heavy (non-hydrogen) atoms. The number of halogens is 1. The molecule has 2 heterocycles. The van der Waals surface area contributed by atoms with Crippen LogP contribution in [0.5, 0.6) is 0 Å². The van der Waals surface area contributed by atoms with Gasteiger partial charge in [-0.15, -0.1) is 0 Å². The number of carbonyl (C=O) groups excluding carboxylic acids is 1. The largest absolute Gasteiger partial charge is 0.474 e. The summed E-state index contributed by atoms with van der Waals surface area (Å²) in [5, 5.41) is 3.07. The third-order valence-corrected chi connectivity index (χ3v) is 5.46. The summed E-state index contributed by atoms with van der Waals surface area (Å²) in [5.74, 6) is -0.195. The fourth-order valence-corrected chi connectivity index (χ4v) is 3.65. The van der Waals surface area contributed by atoms with E-state index in [9.17, 15) is 9.18 Å². The van der Waals surface area contributed by atoms with Gasteiger partial charge in [-0.05, 0) is 42.8 Å². The Balaban J connectivity index is 1.67. The minimum Gasteiger partial charge on any atom is -0.474 e. The predicted octanol–water partition coefficient (Wildman–Crippen LogP) is 3.32. The maximum absolute atomic E-state index is 14.9. The number of nitrogens with zero attached hydrogens (tertiary/aromatic N) is 3. The Morgan fingerprint density at radius 1 is 1.52 bits per heavy atom. The maximum Gasteiger partial charge on any atom is 0.414 e. The molecule has 2 aliphatic heterocycles. The summed E-state index contributed by atoms with van der Waals surface area (Å²) in [4.78, 5) is 18.9. The lowest BCUT2D eigenvalue weighted by Crippen LogP contribution is -2.36. The van der Waals surface area contributed by atoms with Crippen LogP contribution in [0.3, 0.4) is 0 Å². The number of anilines is 2. The van der Waals surface area contributed by atoms with Gasteiger partial charge in [0.2, 0.25) is 0 Å². The molecule has 0 spiro atoms. The Kier molecular flexibility index (Phi) is 6.54. The van der Waals surface area contributed by atoms with Crippen LogP contribution in [0, 0.1) is 18.3 Å². The summed E-state index contributed by atoms with van der Waals surface area (Å²) in [6.45, 7) is 10.9. The van der Waals surface area contributed by atoms with Crippen molar-refractivity contribution >= 4 is 34.9 Å². The number of thiocarbonyl (C=S) groups is 1. The van der Waals surface area contributed by atoms with Gasteiger partial charge in [0.25, 0.3) is 5.17 Å². The van der Waals surface area contributed by atoms with Gasteiger partial charge < -0.3 is 19.7 Å². The SMILES string of the molecule is [C-]#[N+]/C=C1\CCN(c2ccc(N3C[C@H](CNC(=S)OC)OC3=O)cc2F)CC1C. The van der Waals surface area contributed by atoms with Crippen molar-refractivity contribution in [3.63, 3.8) is 0 Å². The molecule has 1 amide bonds. The Bertz CT molecular complexity index is 870. The van der Waals surface area contributed by atoms with Crippen LogP contribution in [0.4, 0.5) is 20.6 Å². The first-order valence-corrected chi connectivity index (χ1v) is 9.73. The molecule has 2 atom stereocenters. The van der Waals surface area contributed by atoms with E-state index in [0.717, 1.165) is 12.0 Å². The third-order valence-electron chi connectivity index (χ3n) is 5.15. The number of carbonyl (C=O) groups is 1. The van der Waals surface area contributed by atoms with E-state index in [2.05, 4.69) is 10.2 Å². The first-order chi connectivity index (χ1) is 13.9. The fourth-order valence-electron chi connectivity index (χ4n) is 3.57. The predicted molar refractivity (Wildman–Crippen MR) is 112 cm³/mol. The van der Waals surface area contributed by atoms with Crippen LogP contribution in [0.1, 0.15) is 13.3 Å². The van der Waals surface area contributed by atoms with E-state index in [0.29, 0.717) is 37.6 Å². The van der Waals surface area contributed by atoms with E-state index < -0.39 is 12.2 Å². The van der Waals surface area contributed by atoms with Crippen molar-refractivity contribution in [2.75, 3.05) is 43.1 Å². The second kappa shape index (κ2) is 9.09. The molecule has 1 N–H and O–H groups in total. The number of benzene rings is 1. The van der Waals surface area contributed by atoms with Crippen LogP contribution < -0.4 is 15.1 Å². The second-order valence-corrected chi connectivity index (χ2v) is 7.43. The number of cyclic esters (lactones) is 1. The van der Waals surface area contributed by atoms with Gasteiger partial charge in [-0.3, -0.25) is 4.90 Å². The highest BCUT2D eigenvalue weighted by atomic mass is 32.1. The molecular formula is C20H23FN4O3S. The van der Waals surface area contributed by atoms with Crippen LogP contribution >= 0.6 is 12.2 Å². The van der Waals surface area contributed by atoms with Gasteiger partial charge in [0.05, 0.1) is 38.1 Å². The number of methoxy groups -OCH3 is 1. The molecule has 7 nitrogen and oxygen atoms in total. The van der Waals surface area contributed by atoms with E-state index in [1.165, 1.54) is 18.1 Å². The van der Waals surface area contributed by atoms with Gasteiger partial charge in [-0.2, -0.15) is 0 Å². The summed E-state index contributed by atoms with van der Waals surface area (Å²) in [7, 11) is 1.46. The second-order valence-electron chi connectivity index (χ2n) is 7.05. The van der Waals surface area contributed by atoms with E-state index in [-0.39, 0.29) is 16.9 Å². The van der Waals surface area contributed by atoms with E-state index in [4.69, 9.17) is 28.3 Å². The van der Waals surface area contributed by atoms with Gasteiger partial charge in [0, 0.05) is 13.1 Å². The lowest BCUT2D eigenvalue weighted by Gasteiger charge is -2.35. The molecule has 1 aromatic rings. The first-order valence-electron chi connectivity index (χ1n) is 9.33. The molecule has 0 aromatic heterocycles. The molecule has 2 aliphatic rings. The molecule has 0 bridgehead atoms. The van der Waals surface area contributed by atoms with E-state index in [1.807, 2.05) is 11.8 Å². The van der Waals surface area contributed by atoms with E-state index >= 15 is 0 Å². The Morgan fingerprint density at radius 3 is 2.97 bits per heavy atom. The molecule has 0 aliphatic carbocycles. The minimum atomic E-state index is -0.521. The lowest BCUT2D eigenvalue weighted by molar-refractivity contribution is 0.142. The molecule has 0 saturated carbocycles. The van der Waals surface area contributed by atoms with Crippen LogP contribution in [0.25, 0.3) is 4.85 Å². The number of hydrogen-bond donors (Lipinski definition) is 1. The number of rotatable bonds is 4. The summed E-state index contributed by atoms with van der Waals surface area (Å²) in [6, 6.07) is 4.78. The van der Waals surface area contributed by atoms with Crippen LogP contribution in [0.2, 0.25) is 0 Å². The van der Waals surface area contributed by atoms with Crippen molar-refractivity contribution in [2.24, 2.45) is 5.92 Å². The van der Waals surface area contributed by atoms with Crippen molar-refractivity contribution in [1.29, 1.82) is 0 Å². The smallest absolute Gasteiger partial charge is 0.414 e. The summed E-state index contributed by atoms with van der Waals surface area (Å²) >= 11 is 4.91. The molecule has 3 rings (SSSR count). The zero-order valence-electron chi connectivity index (χ0n) is 16.4. The van der Waals surface area contributed by atoms with Crippen molar-refractivity contribution in [3.05, 3.63) is 47.2 Å². The maximum atomic E-state index is 14.9. The quantitative estimate of drug-likeness (QED) is 0.598. The molecule has 1 aromatic carbocycles. The highest BCUT2D eigenvalue weighted by Gasteiger charge is 2.33. The topological polar surface area (TPSA) is 58.4 Å². The number of nitrogens with one attached hydrogen (secondary N) is 1.